The first kappa shape index (κ1) is 11.9. The van der Waals surface area contributed by atoms with Crippen molar-refractivity contribution in [1.82, 2.24) is 5.32 Å². The molecule has 0 fully saturated rings. The molecule has 0 aliphatic heterocycles. The van der Waals surface area contributed by atoms with Crippen molar-refractivity contribution in [2.45, 2.75) is 32.1 Å². The highest BCUT2D eigenvalue weighted by atomic mass is 16.1. The van der Waals surface area contributed by atoms with Crippen molar-refractivity contribution >= 4 is 5.91 Å². The Morgan fingerprint density at radius 1 is 1.38 bits per heavy atom. The van der Waals surface area contributed by atoms with Crippen molar-refractivity contribution in [3.8, 4) is 6.07 Å². The summed E-state index contributed by atoms with van der Waals surface area (Å²) in [7, 11) is 0. The lowest BCUT2D eigenvalue weighted by atomic mass is 10.2. The Kier molecular flexibility index (Phi) is 8.26. The number of hydrogen-bond donors (Lipinski definition) is 2. The van der Waals surface area contributed by atoms with Gasteiger partial charge < -0.3 is 11.1 Å². The lowest BCUT2D eigenvalue weighted by Crippen LogP contribution is -2.24. The third kappa shape index (κ3) is 8.83. The molecule has 0 aromatic heterocycles. The minimum atomic E-state index is 0.0578. The lowest BCUT2D eigenvalue weighted by molar-refractivity contribution is -0.121. The van der Waals surface area contributed by atoms with E-state index < -0.39 is 0 Å². The van der Waals surface area contributed by atoms with E-state index in [4.69, 9.17) is 11.0 Å². The molecule has 0 heterocycles. The van der Waals surface area contributed by atoms with Crippen molar-refractivity contribution in [3.05, 3.63) is 0 Å². The first-order valence-electron chi connectivity index (χ1n) is 4.65. The molecule has 0 aromatic rings. The van der Waals surface area contributed by atoms with Gasteiger partial charge in [-0.25, -0.2) is 0 Å². The minimum absolute atomic E-state index is 0.0578. The maximum atomic E-state index is 11.0. The molecule has 0 rings (SSSR count). The summed E-state index contributed by atoms with van der Waals surface area (Å²) in [6.07, 6.45) is 3.55. The van der Waals surface area contributed by atoms with Crippen LogP contribution in [-0.2, 0) is 4.79 Å². The number of carbonyl (C=O) groups excluding carboxylic acids is 1. The average molecular weight is 183 g/mol. The van der Waals surface area contributed by atoms with Crippen LogP contribution in [0, 0.1) is 11.3 Å². The molecule has 0 aromatic carbocycles. The zero-order chi connectivity index (χ0) is 9.94. The van der Waals surface area contributed by atoms with Crippen LogP contribution in [0.15, 0.2) is 0 Å². The van der Waals surface area contributed by atoms with Gasteiger partial charge in [0, 0.05) is 19.4 Å². The summed E-state index contributed by atoms with van der Waals surface area (Å²) in [5, 5.41) is 11.0. The highest BCUT2D eigenvalue weighted by molar-refractivity contribution is 5.75. The molecule has 0 saturated heterocycles. The normalized spacial score (nSPS) is 9.23. The topological polar surface area (TPSA) is 78.9 Å². The second-order valence-corrected chi connectivity index (χ2v) is 2.86. The highest BCUT2D eigenvalue weighted by Crippen LogP contribution is 1.92. The first-order chi connectivity index (χ1) is 6.31. The molecule has 0 radical (unpaired) electrons. The van der Waals surface area contributed by atoms with Gasteiger partial charge in [-0.2, -0.15) is 5.26 Å². The van der Waals surface area contributed by atoms with Crippen LogP contribution in [0.1, 0.15) is 32.1 Å². The zero-order valence-electron chi connectivity index (χ0n) is 7.88. The Bertz CT molecular complexity index is 174. The molecule has 4 nitrogen and oxygen atoms in total. The molecule has 0 unspecified atom stereocenters. The predicted molar refractivity (Wildman–Crippen MR) is 50.8 cm³/mol. The Morgan fingerprint density at radius 2 is 2.15 bits per heavy atom. The van der Waals surface area contributed by atoms with Gasteiger partial charge in [-0.3, -0.25) is 4.79 Å². The third-order valence-corrected chi connectivity index (χ3v) is 1.65. The van der Waals surface area contributed by atoms with Crippen molar-refractivity contribution < 1.29 is 4.79 Å². The molecule has 0 aliphatic carbocycles. The quantitative estimate of drug-likeness (QED) is 0.565. The molecule has 0 saturated carbocycles. The van der Waals surface area contributed by atoms with Gasteiger partial charge in [-0.1, -0.05) is 0 Å². The van der Waals surface area contributed by atoms with E-state index in [2.05, 4.69) is 11.4 Å². The Labute approximate surface area is 79.1 Å². The summed E-state index contributed by atoms with van der Waals surface area (Å²) in [6.45, 7) is 1.23. The fraction of sp³-hybridized carbons (Fsp3) is 0.778. The monoisotopic (exact) mass is 183 g/mol. The molecule has 1 amide bonds. The summed E-state index contributed by atoms with van der Waals surface area (Å²) in [5.41, 5.74) is 5.26. The van der Waals surface area contributed by atoms with Crippen LogP contribution < -0.4 is 11.1 Å². The fourth-order valence-electron chi connectivity index (χ4n) is 0.908. The van der Waals surface area contributed by atoms with Crippen molar-refractivity contribution in [3.63, 3.8) is 0 Å². The van der Waals surface area contributed by atoms with E-state index in [0.29, 0.717) is 25.9 Å². The molecule has 0 spiro atoms. The predicted octanol–water partition coefficient (Wildman–Crippen LogP) is 0.535. The maximum absolute atomic E-state index is 11.0. The number of nitrogens with one attached hydrogen (secondary N) is 1. The standard InChI is InChI=1S/C9H17N3O/c10-6-2-1-3-8-12-9(13)5-4-7-11/h1-5,7-8,11H2,(H,12,13). The second kappa shape index (κ2) is 9.01. The van der Waals surface area contributed by atoms with Gasteiger partial charge in [-0.15, -0.1) is 0 Å². The molecular formula is C9H17N3O. The number of rotatable bonds is 7. The molecule has 0 aliphatic rings. The van der Waals surface area contributed by atoms with E-state index in [1.807, 2.05) is 0 Å². The molecule has 3 N–H and O–H groups in total. The first-order valence-corrected chi connectivity index (χ1v) is 4.65. The van der Waals surface area contributed by atoms with E-state index in [0.717, 1.165) is 19.3 Å². The number of amides is 1. The number of nitriles is 1. The van der Waals surface area contributed by atoms with Gasteiger partial charge in [0.15, 0.2) is 0 Å². The van der Waals surface area contributed by atoms with Gasteiger partial charge in [0.2, 0.25) is 5.91 Å². The van der Waals surface area contributed by atoms with E-state index in [9.17, 15) is 4.79 Å². The van der Waals surface area contributed by atoms with Crippen LogP contribution >= 0.6 is 0 Å². The van der Waals surface area contributed by atoms with E-state index in [1.54, 1.807) is 0 Å². The van der Waals surface area contributed by atoms with Crippen molar-refractivity contribution in [2.24, 2.45) is 5.73 Å². The largest absolute Gasteiger partial charge is 0.356 e. The van der Waals surface area contributed by atoms with Crippen LogP contribution in [0.3, 0.4) is 0 Å². The van der Waals surface area contributed by atoms with Gasteiger partial charge in [-0.05, 0) is 25.8 Å². The number of nitrogens with two attached hydrogens (primary N) is 1. The molecule has 74 valence electrons. The van der Waals surface area contributed by atoms with Crippen LogP contribution in [0.5, 0.6) is 0 Å². The molecule has 0 atom stereocenters. The molecular weight excluding hydrogens is 166 g/mol. The number of nitrogens with zero attached hydrogens (tertiary/aromatic N) is 1. The second-order valence-electron chi connectivity index (χ2n) is 2.86. The molecule has 4 heteroatoms. The van der Waals surface area contributed by atoms with Crippen LogP contribution in [-0.4, -0.2) is 19.0 Å². The fourth-order valence-corrected chi connectivity index (χ4v) is 0.908. The summed E-state index contributed by atoms with van der Waals surface area (Å²) in [6, 6.07) is 2.06. The lowest BCUT2D eigenvalue weighted by Gasteiger charge is -2.02. The van der Waals surface area contributed by atoms with E-state index >= 15 is 0 Å². The van der Waals surface area contributed by atoms with Crippen LogP contribution in [0.25, 0.3) is 0 Å². The number of hydrogen-bond acceptors (Lipinski definition) is 3. The Morgan fingerprint density at radius 3 is 2.77 bits per heavy atom. The van der Waals surface area contributed by atoms with E-state index in [1.165, 1.54) is 0 Å². The number of unbranched alkanes of at least 4 members (excludes halogenated alkanes) is 2. The van der Waals surface area contributed by atoms with Crippen molar-refractivity contribution in [2.75, 3.05) is 13.1 Å². The summed E-state index contributed by atoms with van der Waals surface area (Å²) in [5.74, 6) is 0.0578. The SMILES string of the molecule is N#CCCCCNC(=O)CCCN. The van der Waals surface area contributed by atoms with Crippen molar-refractivity contribution in [1.29, 1.82) is 5.26 Å². The molecule has 13 heavy (non-hydrogen) atoms. The highest BCUT2D eigenvalue weighted by Gasteiger charge is 1.98. The summed E-state index contributed by atoms with van der Waals surface area (Å²) < 4.78 is 0. The minimum Gasteiger partial charge on any atom is -0.356 e. The Hall–Kier alpha value is -1.08. The zero-order valence-corrected chi connectivity index (χ0v) is 7.88. The van der Waals surface area contributed by atoms with Gasteiger partial charge in [0.25, 0.3) is 0 Å². The van der Waals surface area contributed by atoms with Crippen LogP contribution in [0.4, 0.5) is 0 Å². The van der Waals surface area contributed by atoms with Gasteiger partial charge in [0.1, 0.15) is 0 Å². The van der Waals surface area contributed by atoms with Gasteiger partial charge >= 0.3 is 0 Å². The van der Waals surface area contributed by atoms with Crippen LogP contribution in [0.2, 0.25) is 0 Å². The Balaban J connectivity index is 3.13. The number of carbonyl (C=O) groups is 1. The van der Waals surface area contributed by atoms with E-state index in [-0.39, 0.29) is 5.91 Å². The average Bonchev–Trinajstić information content (AvgIpc) is 2.14. The smallest absolute Gasteiger partial charge is 0.220 e. The van der Waals surface area contributed by atoms with Gasteiger partial charge in [0.05, 0.1) is 6.07 Å². The summed E-state index contributed by atoms with van der Waals surface area (Å²) in [4.78, 5) is 11.0. The maximum Gasteiger partial charge on any atom is 0.220 e. The third-order valence-electron chi connectivity index (χ3n) is 1.65. The summed E-state index contributed by atoms with van der Waals surface area (Å²) >= 11 is 0. The molecule has 0 bridgehead atoms.